The van der Waals surface area contributed by atoms with E-state index in [-0.39, 0.29) is 0 Å². The fraction of sp³-hybridized carbons (Fsp3) is 0.0588. The molecular weight excluding hydrogens is 377 g/mol. The van der Waals surface area contributed by atoms with Crippen molar-refractivity contribution in [3.63, 3.8) is 0 Å². The number of nitrogens with zero attached hydrogens (tertiary/aromatic N) is 1. The molecule has 0 spiro atoms. The van der Waals surface area contributed by atoms with Crippen molar-refractivity contribution >= 4 is 40.5 Å². The van der Waals surface area contributed by atoms with E-state index in [4.69, 9.17) is 4.74 Å². The predicted molar refractivity (Wildman–Crippen MR) is 90.9 cm³/mol. The lowest BCUT2D eigenvalue weighted by atomic mass is 10.1. The van der Waals surface area contributed by atoms with Crippen molar-refractivity contribution in [2.45, 2.75) is 6.92 Å². The van der Waals surface area contributed by atoms with Crippen molar-refractivity contribution in [2.75, 3.05) is 0 Å². The van der Waals surface area contributed by atoms with E-state index in [1.165, 1.54) is 0 Å². The van der Waals surface area contributed by atoms with Gasteiger partial charge in [-0.05, 0) is 65.4 Å². The first-order valence-electron chi connectivity index (χ1n) is 6.47. The van der Waals surface area contributed by atoms with Gasteiger partial charge in [0.2, 0.25) is 5.90 Å². The zero-order valence-corrected chi connectivity index (χ0v) is 13.5. The molecule has 0 saturated heterocycles. The van der Waals surface area contributed by atoms with Gasteiger partial charge in [-0.25, -0.2) is 9.79 Å². The van der Waals surface area contributed by atoms with Crippen molar-refractivity contribution in [1.82, 2.24) is 0 Å². The van der Waals surface area contributed by atoms with Crippen LogP contribution in [0.4, 0.5) is 0 Å². The molecule has 0 aromatic heterocycles. The highest BCUT2D eigenvalue weighted by Crippen LogP contribution is 2.20. The van der Waals surface area contributed by atoms with E-state index in [2.05, 4.69) is 27.6 Å². The fourth-order valence-corrected chi connectivity index (χ4v) is 2.40. The molecule has 0 fully saturated rings. The van der Waals surface area contributed by atoms with Crippen LogP contribution in [0.25, 0.3) is 6.08 Å². The molecule has 0 amide bonds. The number of esters is 1. The zero-order valence-electron chi connectivity index (χ0n) is 11.3. The standard InChI is InChI=1S/C17H12INO2/c1-11-3-2-4-12(9-11)10-15-17(20)21-16(19-15)13-5-7-14(18)8-6-13/h2-10H,1H3. The molecule has 0 N–H and O–H groups in total. The van der Waals surface area contributed by atoms with Crippen LogP contribution in [-0.4, -0.2) is 11.9 Å². The number of halogens is 1. The monoisotopic (exact) mass is 389 g/mol. The summed E-state index contributed by atoms with van der Waals surface area (Å²) in [6.45, 7) is 2.01. The summed E-state index contributed by atoms with van der Waals surface area (Å²) in [5.41, 5.74) is 3.21. The van der Waals surface area contributed by atoms with E-state index in [1.54, 1.807) is 6.08 Å². The van der Waals surface area contributed by atoms with Crippen LogP contribution in [-0.2, 0) is 9.53 Å². The summed E-state index contributed by atoms with van der Waals surface area (Å²) >= 11 is 2.23. The third-order valence-electron chi connectivity index (χ3n) is 3.06. The Morgan fingerprint density at radius 3 is 2.62 bits per heavy atom. The van der Waals surface area contributed by atoms with Gasteiger partial charge in [0.05, 0.1) is 0 Å². The number of hydrogen-bond acceptors (Lipinski definition) is 3. The Labute approximate surface area is 136 Å². The number of carbonyl (C=O) groups is 1. The van der Waals surface area contributed by atoms with E-state index < -0.39 is 5.97 Å². The van der Waals surface area contributed by atoms with Crippen LogP contribution in [0.1, 0.15) is 16.7 Å². The summed E-state index contributed by atoms with van der Waals surface area (Å²) in [6, 6.07) is 15.6. The Morgan fingerprint density at radius 1 is 1.14 bits per heavy atom. The molecule has 0 radical (unpaired) electrons. The fourth-order valence-electron chi connectivity index (χ4n) is 2.04. The Balaban J connectivity index is 1.93. The second-order valence-electron chi connectivity index (χ2n) is 4.76. The van der Waals surface area contributed by atoms with E-state index >= 15 is 0 Å². The number of aliphatic imine (C=N–C) groups is 1. The van der Waals surface area contributed by atoms with Gasteiger partial charge in [0.25, 0.3) is 0 Å². The summed E-state index contributed by atoms with van der Waals surface area (Å²) in [5.74, 6) is -0.0552. The molecule has 1 aliphatic heterocycles. The van der Waals surface area contributed by atoms with Gasteiger partial charge in [0.15, 0.2) is 5.70 Å². The van der Waals surface area contributed by atoms with E-state index in [0.717, 1.165) is 20.3 Å². The number of cyclic esters (lactones) is 1. The maximum atomic E-state index is 11.9. The van der Waals surface area contributed by atoms with E-state index in [9.17, 15) is 4.79 Å². The van der Waals surface area contributed by atoms with Gasteiger partial charge >= 0.3 is 5.97 Å². The molecule has 1 heterocycles. The second kappa shape index (κ2) is 5.81. The Kier molecular flexibility index (Phi) is 3.88. The number of aryl methyl sites for hydroxylation is 1. The average Bonchev–Trinajstić information content (AvgIpc) is 2.81. The molecule has 2 aromatic carbocycles. The smallest absolute Gasteiger partial charge is 0.363 e. The van der Waals surface area contributed by atoms with Crippen molar-refractivity contribution in [3.8, 4) is 0 Å². The molecule has 3 nitrogen and oxygen atoms in total. The molecule has 0 bridgehead atoms. The second-order valence-corrected chi connectivity index (χ2v) is 6.00. The highest BCUT2D eigenvalue weighted by molar-refractivity contribution is 14.1. The molecule has 0 saturated carbocycles. The highest BCUT2D eigenvalue weighted by Gasteiger charge is 2.23. The van der Waals surface area contributed by atoms with Gasteiger partial charge in [0, 0.05) is 9.13 Å². The third-order valence-corrected chi connectivity index (χ3v) is 3.78. The molecule has 0 atom stereocenters. The van der Waals surface area contributed by atoms with E-state index in [1.807, 2.05) is 55.5 Å². The lowest BCUT2D eigenvalue weighted by Crippen LogP contribution is -2.05. The third kappa shape index (κ3) is 3.21. The van der Waals surface area contributed by atoms with Gasteiger partial charge in [-0.15, -0.1) is 0 Å². The Hall–Kier alpha value is -1.95. The molecule has 4 heteroatoms. The number of benzene rings is 2. The first-order valence-corrected chi connectivity index (χ1v) is 7.55. The molecule has 1 aliphatic rings. The van der Waals surface area contributed by atoms with E-state index in [0.29, 0.717) is 11.6 Å². The van der Waals surface area contributed by atoms with Crippen LogP contribution in [0.15, 0.2) is 59.2 Å². The van der Waals surface area contributed by atoms with Crippen molar-refractivity contribution in [1.29, 1.82) is 0 Å². The SMILES string of the molecule is Cc1cccc(C=C2N=C(c3ccc(I)cc3)OC2=O)c1. The van der Waals surface area contributed by atoms with Crippen molar-refractivity contribution in [2.24, 2.45) is 4.99 Å². The van der Waals surface area contributed by atoms with Crippen LogP contribution in [0.5, 0.6) is 0 Å². The lowest BCUT2D eigenvalue weighted by Gasteiger charge is -1.98. The Bertz CT molecular complexity index is 761. The van der Waals surface area contributed by atoms with Gasteiger partial charge < -0.3 is 4.74 Å². The predicted octanol–water partition coefficient (Wildman–Crippen LogP) is 3.94. The Morgan fingerprint density at radius 2 is 1.90 bits per heavy atom. The maximum absolute atomic E-state index is 11.9. The largest absolute Gasteiger partial charge is 0.402 e. The number of ether oxygens (including phenoxy) is 1. The molecule has 104 valence electrons. The van der Waals surface area contributed by atoms with Gasteiger partial charge in [-0.1, -0.05) is 29.8 Å². The average molecular weight is 389 g/mol. The molecule has 2 aromatic rings. The zero-order chi connectivity index (χ0) is 14.8. The number of carbonyl (C=O) groups excluding carboxylic acids is 1. The van der Waals surface area contributed by atoms with Crippen LogP contribution in [0.3, 0.4) is 0 Å². The minimum absolute atomic E-state index is 0.328. The molecule has 0 aliphatic carbocycles. The molecule has 21 heavy (non-hydrogen) atoms. The normalized spacial score (nSPS) is 16.0. The summed E-state index contributed by atoms with van der Waals surface area (Å²) in [6.07, 6.45) is 1.75. The van der Waals surface area contributed by atoms with Crippen molar-refractivity contribution in [3.05, 3.63) is 74.5 Å². The highest BCUT2D eigenvalue weighted by atomic mass is 127. The van der Waals surface area contributed by atoms with Crippen LogP contribution >= 0.6 is 22.6 Å². The first-order chi connectivity index (χ1) is 10.1. The molecular formula is C17H12INO2. The topological polar surface area (TPSA) is 38.7 Å². The van der Waals surface area contributed by atoms with Crippen LogP contribution in [0, 0.1) is 10.5 Å². The minimum Gasteiger partial charge on any atom is -0.402 e. The molecule has 0 unspecified atom stereocenters. The van der Waals surface area contributed by atoms with Gasteiger partial charge in [0.1, 0.15) is 0 Å². The summed E-state index contributed by atoms with van der Waals surface area (Å²) in [4.78, 5) is 16.2. The van der Waals surface area contributed by atoms with Gasteiger partial charge in [-0.2, -0.15) is 0 Å². The number of hydrogen-bond donors (Lipinski definition) is 0. The maximum Gasteiger partial charge on any atom is 0.363 e. The quantitative estimate of drug-likeness (QED) is 0.443. The summed E-state index contributed by atoms with van der Waals surface area (Å²) < 4.78 is 6.36. The summed E-state index contributed by atoms with van der Waals surface area (Å²) in [5, 5.41) is 0. The molecule has 3 rings (SSSR count). The first kappa shape index (κ1) is 14.0. The van der Waals surface area contributed by atoms with Crippen LogP contribution in [0.2, 0.25) is 0 Å². The number of rotatable bonds is 2. The van der Waals surface area contributed by atoms with Crippen LogP contribution < -0.4 is 0 Å². The van der Waals surface area contributed by atoms with Gasteiger partial charge in [-0.3, -0.25) is 0 Å². The summed E-state index contributed by atoms with van der Waals surface area (Å²) in [7, 11) is 0. The minimum atomic E-state index is -0.412. The lowest BCUT2D eigenvalue weighted by molar-refractivity contribution is -0.129. The van der Waals surface area contributed by atoms with Crippen molar-refractivity contribution < 1.29 is 9.53 Å².